The first-order chi connectivity index (χ1) is 6.85. The molecular weight excluding hydrogens is 224 g/mol. The summed E-state index contributed by atoms with van der Waals surface area (Å²) >= 11 is 5.37. The van der Waals surface area contributed by atoms with Crippen LogP contribution in [0.2, 0.25) is 0 Å². The van der Waals surface area contributed by atoms with Crippen LogP contribution in [0.1, 0.15) is 20.3 Å². The minimum atomic E-state index is -1.23. The lowest BCUT2D eigenvalue weighted by atomic mass is 10.0. The number of aliphatic hydroxyl groups is 1. The van der Waals surface area contributed by atoms with Crippen molar-refractivity contribution in [2.24, 2.45) is 5.92 Å². The number of carbonyl (C=O) groups excluding carboxylic acids is 2. The third-order valence-electron chi connectivity index (χ3n) is 1.95. The normalized spacial score (nSPS) is 23.2. The van der Waals surface area contributed by atoms with Gasteiger partial charge in [-0.2, -0.15) is 0 Å². The molecule has 1 unspecified atom stereocenters. The summed E-state index contributed by atoms with van der Waals surface area (Å²) in [6, 6.07) is 0. The number of alkyl halides is 1. The molecule has 1 aliphatic rings. The molecule has 0 aromatic rings. The Morgan fingerprint density at radius 2 is 1.87 bits per heavy atom. The molecule has 0 spiro atoms. The molecule has 1 atom stereocenters. The first-order valence-corrected chi connectivity index (χ1v) is 5.09. The van der Waals surface area contributed by atoms with Crippen molar-refractivity contribution in [1.29, 1.82) is 0 Å². The maximum absolute atomic E-state index is 11.4. The predicted molar refractivity (Wildman–Crippen MR) is 51.1 cm³/mol. The minimum Gasteiger partial charge on any atom is -0.422 e. The molecule has 0 amide bonds. The van der Waals surface area contributed by atoms with Crippen molar-refractivity contribution in [3.63, 3.8) is 0 Å². The topological polar surface area (TPSA) is 72.8 Å². The summed E-state index contributed by atoms with van der Waals surface area (Å²) in [5, 5.41) is 9.23. The quantitative estimate of drug-likeness (QED) is 0.437. The molecule has 5 nitrogen and oxygen atoms in total. The number of halogens is 1. The van der Waals surface area contributed by atoms with Crippen LogP contribution in [0.4, 0.5) is 0 Å². The molecule has 1 heterocycles. The van der Waals surface area contributed by atoms with Gasteiger partial charge in [-0.05, 0) is 6.42 Å². The first-order valence-electron chi connectivity index (χ1n) is 4.55. The highest BCUT2D eigenvalue weighted by molar-refractivity contribution is 6.18. The van der Waals surface area contributed by atoms with Crippen LogP contribution in [0, 0.1) is 5.92 Å². The van der Waals surface area contributed by atoms with Gasteiger partial charge in [0.15, 0.2) is 5.92 Å². The summed E-state index contributed by atoms with van der Waals surface area (Å²) in [5.41, 5.74) is 0. The van der Waals surface area contributed by atoms with Gasteiger partial charge in [0, 0.05) is 19.7 Å². The Morgan fingerprint density at radius 3 is 2.27 bits per heavy atom. The molecule has 0 aromatic heterocycles. The van der Waals surface area contributed by atoms with Gasteiger partial charge in [0.05, 0.1) is 6.10 Å². The maximum atomic E-state index is 11.4. The molecule has 0 saturated carbocycles. The zero-order chi connectivity index (χ0) is 11.6. The van der Waals surface area contributed by atoms with Crippen molar-refractivity contribution in [3.8, 4) is 0 Å². The molecule has 86 valence electrons. The second-order valence-corrected chi connectivity index (χ2v) is 4.15. The third kappa shape index (κ3) is 3.07. The van der Waals surface area contributed by atoms with Crippen LogP contribution in [-0.2, 0) is 19.1 Å². The number of aliphatic hydroxyl groups excluding tert-OH is 1. The maximum Gasteiger partial charge on any atom is 0.323 e. The fourth-order valence-corrected chi connectivity index (χ4v) is 1.40. The second-order valence-electron chi connectivity index (χ2n) is 3.84. The molecule has 0 bridgehead atoms. The third-order valence-corrected chi connectivity index (χ3v) is 2.30. The van der Waals surface area contributed by atoms with Gasteiger partial charge in [-0.1, -0.05) is 0 Å². The number of cyclic esters (lactones) is 2. The van der Waals surface area contributed by atoms with E-state index in [1.54, 1.807) is 0 Å². The van der Waals surface area contributed by atoms with Gasteiger partial charge >= 0.3 is 11.9 Å². The van der Waals surface area contributed by atoms with Crippen molar-refractivity contribution in [2.45, 2.75) is 32.2 Å². The van der Waals surface area contributed by atoms with Gasteiger partial charge in [0.2, 0.25) is 0 Å². The second kappa shape index (κ2) is 4.37. The SMILES string of the molecule is CC1(C)OC(=O)C(CC(O)CCl)C(=O)O1. The monoisotopic (exact) mass is 236 g/mol. The Kier molecular flexibility index (Phi) is 3.57. The van der Waals surface area contributed by atoms with E-state index in [4.69, 9.17) is 21.1 Å². The lowest BCUT2D eigenvalue weighted by molar-refractivity contribution is -0.241. The fraction of sp³-hybridized carbons (Fsp3) is 0.778. The Balaban J connectivity index is 2.67. The van der Waals surface area contributed by atoms with Crippen LogP contribution in [0.25, 0.3) is 0 Å². The van der Waals surface area contributed by atoms with Gasteiger partial charge in [0.25, 0.3) is 5.79 Å². The van der Waals surface area contributed by atoms with E-state index >= 15 is 0 Å². The molecule has 15 heavy (non-hydrogen) atoms. The van der Waals surface area contributed by atoms with Crippen LogP contribution < -0.4 is 0 Å². The number of hydrogen-bond acceptors (Lipinski definition) is 5. The van der Waals surface area contributed by atoms with Crippen molar-refractivity contribution < 1.29 is 24.2 Å². The average molecular weight is 237 g/mol. The van der Waals surface area contributed by atoms with Crippen LogP contribution in [0.5, 0.6) is 0 Å². The lowest BCUT2D eigenvalue weighted by Gasteiger charge is -2.33. The number of ether oxygens (including phenoxy) is 2. The Bertz CT molecular complexity index is 256. The summed E-state index contributed by atoms with van der Waals surface area (Å²) in [7, 11) is 0. The summed E-state index contributed by atoms with van der Waals surface area (Å²) in [6.07, 6.45) is -0.991. The number of rotatable bonds is 3. The summed E-state index contributed by atoms with van der Waals surface area (Å²) < 4.78 is 9.73. The van der Waals surface area contributed by atoms with Crippen LogP contribution in [0.15, 0.2) is 0 Å². The lowest BCUT2D eigenvalue weighted by Crippen LogP contribution is -2.47. The fourth-order valence-electron chi connectivity index (χ4n) is 1.27. The van der Waals surface area contributed by atoms with E-state index in [0.29, 0.717) is 0 Å². The van der Waals surface area contributed by atoms with Crippen LogP contribution in [0.3, 0.4) is 0 Å². The average Bonchev–Trinajstić information content (AvgIpc) is 2.09. The smallest absolute Gasteiger partial charge is 0.323 e. The van der Waals surface area contributed by atoms with E-state index in [1.807, 2.05) is 0 Å². The Labute approximate surface area is 92.3 Å². The molecule has 0 aromatic carbocycles. The molecule has 1 fully saturated rings. The van der Waals surface area contributed by atoms with Gasteiger partial charge < -0.3 is 14.6 Å². The Hall–Kier alpha value is -0.810. The highest BCUT2D eigenvalue weighted by Gasteiger charge is 2.43. The van der Waals surface area contributed by atoms with Gasteiger partial charge in [0.1, 0.15) is 0 Å². The summed E-state index contributed by atoms with van der Waals surface area (Å²) in [4.78, 5) is 22.8. The molecule has 6 heteroatoms. The highest BCUT2D eigenvalue weighted by atomic mass is 35.5. The molecule has 1 aliphatic heterocycles. The zero-order valence-corrected chi connectivity index (χ0v) is 9.28. The molecular formula is C9H13ClO5. The molecule has 1 rings (SSSR count). The summed E-state index contributed by atoms with van der Waals surface area (Å²) in [5.74, 6) is -3.70. The van der Waals surface area contributed by atoms with Crippen LogP contribution >= 0.6 is 11.6 Å². The molecule has 0 radical (unpaired) electrons. The summed E-state index contributed by atoms with van der Waals surface area (Å²) in [6.45, 7) is 2.94. The number of hydrogen-bond donors (Lipinski definition) is 1. The largest absolute Gasteiger partial charge is 0.422 e. The van der Waals surface area contributed by atoms with Gasteiger partial charge in [-0.25, -0.2) is 0 Å². The van der Waals surface area contributed by atoms with E-state index in [9.17, 15) is 14.7 Å². The first kappa shape index (κ1) is 12.3. The highest BCUT2D eigenvalue weighted by Crippen LogP contribution is 2.25. The molecule has 1 saturated heterocycles. The van der Waals surface area contributed by atoms with E-state index in [1.165, 1.54) is 13.8 Å². The standard InChI is InChI=1S/C9H13ClO5/c1-9(2)14-7(12)6(8(13)15-9)3-5(11)4-10/h5-6,11H,3-4H2,1-2H3. The molecule has 0 aliphatic carbocycles. The van der Waals surface area contributed by atoms with E-state index < -0.39 is 29.7 Å². The van der Waals surface area contributed by atoms with Crippen molar-refractivity contribution >= 4 is 23.5 Å². The van der Waals surface area contributed by atoms with E-state index in [0.717, 1.165) is 0 Å². The van der Waals surface area contributed by atoms with Gasteiger partial charge in [-0.3, -0.25) is 9.59 Å². The van der Waals surface area contributed by atoms with Gasteiger partial charge in [-0.15, -0.1) is 11.6 Å². The zero-order valence-electron chi connectivity index (χ0n) is 8.53. The van der Waals surface area contributed by atoms with Crippen LogP contribution in [-0.4, -0.2) is 34.8 Å². The Morgan fingerprint density at radius 1 is 1.40 bits per heavy atom. The van der Waals surface area contributed by atoms with Crippen molar-refractivity contribution in [3.05, 3.63) is 0 Å². The van der Waals surface area contributed by atoms with E-state index in [-0.39, 0.29) is 12.3 Å². The number of carbonyl (C=O) groups is 2. The molecule has 1 N–H and O–H groups in total. The van der Waals surface area contributed by atoms with Crippen molar-refractivity contribution in [2.75, 3.05) is 5.88 Å². The predicted octanol–water partition coefficient (Wildman–Crippen LogP) is 0.428. The van der Waals surface area contributed by atoms with E-state index in [2.05, 4.69) is 0 Å². The minimum absolute atomic E-state index is 0.0412. The number of esters is 2. The van der Waals surface area contributed by atoms with Crippen molar-refractivity contribution in [1.82, 2.24) is 0 Å².